The molecule has 0 bridgehead atoms. The van der Waals surface area contributed by atoms with Gasteiger partial charge in [-0.1, -0.05) is 17.3 Å². The summed E-state index contributed by atoms with van der Waals surface area (Å²) < 4.78 is 3.92. The molecular formula is C18H24N6O. The summed E-state index contributed by atoms with van der Waals surface area (Å²) in [5.74, 6) is 1.01. The van der Waals surface area contributed by atoms with Gasteiger partial charge in [0.2, 0.25) is 0 Å². The van der Waals surface area contributed by atoms with Crippen LogP contribution in [0.3, 0.4) is 0 Å². The van der Waals surface area contributed by atoms with Crippen LogP contribution in [-0.2, 0) is 19.2 Å². The molecule has 0 saturated carbocycles. The van der Waals surface area contributed by atoms with Gasteiger partial charge in [-0.2, -0.15) is 0 Å². The maximum atomic E-state index is 11.0. The lowest BCUT2D eigenvalue weighted by Crippen LogP contribution is -2.31. The molecule has 0 unspecified atom stereocenters. The molecule has 1 aliphatic heterocycles. The smallest absolute Gasteiger partial charge is 0.124 e. The van der Waals surface area contributed by atoms with Gasteiger partial charge < -0.3 is 9.67 Å². The van der Waals surface area contributed by atoms with E-state index >= 15 is 0 Å². The van der Waals surface area contributed by atoms with E-state index in [9.17, 15) is 5.11 Å². The minimum Gasteiger partial charge on any atom is -0.382 e. The molecule has 1 aliphatic rings. The van der Waals surface area contributed by atoms with Crippen LogP contribution in [0.15, 0.2) is 30.5 Å². The van der Waals surface area contributed by atoms with E-state index in [-0.39, 0.29) is 6.04 Å². The molecule has 0 aliphatic carbocycles. The molecule has 1 N–H and O–H groups in total. The fourth-order valence-electron chi connectivity index (χ4n) is 3.49. The van der Waals surface area contributed by atoms with Gasteiger partial charge in [-0.3, -0.25) is 4.90 Å². The first kappa shape index (κ1) is 16.2. The maximum absolute atomic E-state index is 11.0. The van der Waals surface area contributed by atoms with Crippen LogP contribution < -0.4 is 0 Å². The molecule has 1 aromatic carbocycles. The average Bonchev–Trinajstić information content (AvgIpc) is 3.28. The Morgan fingerprint density at radius 1 is 1.28 bits per heavy atom. The van der Waals surface area contributed by atoms with Gasteiger partial charge in [0.05, 0.1) is 23.8 Å². The lowest BCUT2D eigenvalue weighted by Gasteiger charge is -2.21. The Morgan fingerprint density at radius 3 is 2.80 bits per heavy atom. The monoisotopic (exact) mass is 340 g/mol. The Kier molecular flexibility index (Phi) is 3.85. The zero-order chi connectivity index (χ0) is 17.6. The van der Waals surface area contributed by atoms with Crippen molar-refractivity contribution >= 4 is 11.0 Å². The summed E-state index contributed by atoms with van der Waals surface area (Å²) in [6.45, 7) is 6.18. The second-order valence-electron chi connectivity index (χ2n) is 7.25. The maximum Gasteiger partial charge on any atom is 0.124 e. The fourth-order valence-corrected chi connectivity index (χ4v) is 3.49. The van der Waals surface area contributed by atoms with E-state index in [2.05, 4.69) is 39.7 Å². The third-order valence-corrected chi connectivity index (χ3v) is 5.09. The van der Waals surface area contributed by atoms with Gasteiger partial charge in [0, 0.05) is 26.2 Å². The zero-order valence-corrected chi connectivity index (χ0v) is 14.9. The number of likely N-dealkylation sites (tertiary alicyclic amines) is 1. The quantitative estimate of drug-likeness (QED) is 0.785. The van der Waals surface area contributed by atoms with Crippen LogP contribution in [0.4, 0.5) is 0 Å². The molecular weight excluding hydrogens is 316 g/mol. The number of para-hydroxylation sites is 2. The summed E-state index contributed by atoms with van der Waals surface area (Å²) in [6.07, 6.45) is 2.52. The van der Waals surface area contributed by atoms with E-state index in [4.69, 9.17) is 4.98 Å². The van der Waals surface area contributed by atoms with Crippen LogP contribution in [0.5, 0.6) is 0 Å². The summed E-state index contributed by atoms with van der Waals surface area (Å²) in [5.41, 5.74) is 1.87. The van der Waals surface area contributed by atoms with E-state index < -0.39 is 5.60 Å². The molecule has 25 heavy (non-hydrogen) atoms. The minimum absolute atomic E-state index is 0.238. The molecule has 0 radical (unpaired) electrons. The Hall–Kier alpha value is -2.25. The van der Waals surface area contributed by atoms with Gasteiger partial charge >= 0.3 is 0 Å². The van der Waals surface area contributed by atoms with E-state index in [1.165, 1.54) is 0 Å². The van der Waals surface area contributed by atoms with E-state index in [0.29, 0.717) is 25.2 Å². The van der Waals surface area contributed by atoms with Gasteiger partial charge in [0.15, 0.2) is 0 Å². The molecule has 0 spiro atoms. The zero-order valence-electron chi connectivity index (χ0n) is 14.9. The first-order valence-electron chi connectivity index (χ1n) is 8.74. The summed E-state index contributed by atoms with van der Waals surface area (Å²) in [4.78, 5) is 6.96. The highest BCUT2D eigenvalue weighted by molar-refractivity contribution is 5.75. The van der Waals surface area contributed by atoms with Crippen molar-refractivity contribution in [3.63, 3.8) is 0 Å². The van der Waals surface area contributed by atoms with Crippen LogP contribution in [-0.4, -0.2) is 47.6 Å². The lowest BCUT2D eigenvalue weighted by atomic mass is 10.00. The van der Waals surface area contributed by atoms with Crippen LogP contribution in [0.2, 0.25) is 0 Å². The molecule has 4 rings (SSSR count). The number of aromatic nitrogens is 5. The SMILES string of the molecule is CC(C)n1cc([C@@]2(O)CCN(Cc3nc4ccccc4n3C)C2)nn1. The standard InChI is InChI=1S/C18H24N6O/c1-13(2)24-10-16(20-21-24)18(25)8-9-23(12-18)11-17-19-14-6-4-5-7-15(14)22(17)3/h4-7,10,13,25H,8-9,11-12H2,1-3H3/t18-/m1/s1. The van der Waals surface area contributed by atoms with Gasteiger partial charge in [-0.25, -0.2) is 9.67 Å². The first-order valence-corrected chi connectivity index (χ1v) is 8.74. The highest BCUT2D eigenvalue weighted by Gasteiger charge is 2.40. The second kappa shape index (κ2) is 5.93. The number of hydrogen-bond donors (Lipinski definition) is 1. The Bertz CT molecular complexity index is 898. The molecule has 3 heterocycles. The topological polar surface area (TPSA) is 72.0 Å². The van der Waals surface area contributed by atoms with Crippen LogP contribution in [0.1, 0.15) is 37.8 Å². The number of aliphatic hydroxyl groups is 1. The summed E-state index contributed by atoms with van der Waals surface area (Å²) >= 11 is 0. The number of aryl methyl sites for hydroxylation is 1. The molecule has 1 fully saturated rings. The lowest BCUT2D eigenvalue weighted by molar-refractivity contribution is 0.0405. The predicted octanol–water partition coefficient (Wildman–Crippen LogP) is 1.84. The number of imidazole rings is 1. The fraction of sp³-hybridized carbons (Fsp3) is 0.500. The third-order valence-electron chi connectivity index (χ3n) is 5.09. The summed E-state index contributed by atoms with van der Waals surface area (Å²) in [7, 11) is 2.04. The highest BCUT2D eigenvalue weighted by Crippen LogP contribution is 2.31. The van der Waals surface area contributed by atoms with Crippen molar-refractivity contribution in [1.29, 1.82) is 0 Å². The van der Waals surface area contributed by atoms with Crippen LogP contribution in [0, 0.1) is 0 Å². The van der Waals surface area contributed by atoms with Crippen molar-refractivity contribution in [1.82, 2.24) is 29.4 Å². The summed E-state index contributed by atoms with van der Waals surface area (Å²) in [5, 5.41) is 19.4. The van der Waals surface area contributed by atoms with Crippen molar-refractivity contribution in [2.45, 2.75) is 38.5 Å². The Labute approximate surface area is 146 Å². The molecule has 7 nitrogen and oxygen atoms in total. The summed E-state index contributed by atoms with van der Waals surface area (Å²) in [6, 6.07) is 8.38. The molecule has 2 aromatic heterocycles. The molecule has 132 valence electrons. The van der Waals surface area contributed by atoms with Gasteiger partial charge in [-0.15, -0.1) is 5.10 Å². The van der Waals surface area contributed by atoms with Crippen LogP contribution >= 0.6 is 0 Å². The minimum atomic E-state index is -0.933. The molecule has 7 heteroatoms. The van der Waals surface area contributed by atoms with Gasteiger partial charge in [0.25, 0.3) is 0 Å². The number of benzene rings is 1. The first-order chi connectivity index (χ1) is 12.0. The normalized spacial score (nSPS) is 21.6. The van der Waals surface area contributed by atoms with Crippen molar-refractivity contribution in [3.05, 3.63) is 42.0 Å². The van der Waals surface area contributed by atoms with E-state index in [1.807, 2.05) is 31.4 Å². The van der Waals surface area contributed by atoms with Gasteiger partial charge in [0.1, 0.15) is 17.1 Å². The molecule has 1 atom stereocenters. The Balaban J connectivity index is 1.52. The average molecular weight is 340 g/mol. The highest BCUT2D eigenvalue weighted by atomic mass is 16.3. The number of β-amino-alcohol motifs (C(OH)–C–C–N with tert-alkyl or cyclic N) is 1. The Morgan fingerprint density at radius 2 is 2.08 bits per heavy atom. The predicted molar refractivity (Wildman–Crippen MR) is 94.9 cm³/mol. The second-order valence-corrected chi connectivity index (χ2v) is 7.25. The van der Waals surface area contributed by atoms with Crippen LogP contribution in [0.25, 0.3) is 11.0 Å². The largest absolute Gasteiger partial charge is 0.382 e. The number of fused-ring (bicyclic) bond motifs is 1. The number of hydrogen-bond acceptors (Lipinski definition) is 5. The van der Waals surface area contributed by atoms with Crippen molar-refractivity contribution in [2.75, 3.05) is 13.1 Å². The molecule has 3 aromatic rings. The number of rotatable bonds is 4. The van der Waals surface area contributed by atoms with Gasteiger partial charge in [-0.05, 0) is 32.4 Å². The van der Waals surface area contributed by atoms with E-state index in [1.54, 1.807) is 4.68 Å². The van der Waals surface area contributed by atoms with E-state index in [0.717, 1.165) is 23.4 Å². The number of nitrogens with zero attached hydrogens (tertiary/aromatic N) is 6. The molecule has 0 amide bonds. The molecule has 1 saturated heterocycles. The van der Waals surface area contributed by atoms with Crippen molar-refractivity contribution < 1.29 is 5.11 Å². The van der Waals surface area contributed by atoms with Crippen molar-refractivity contribution in [2.24, 2.45) is 7.05 Å². The van der Waals surface area contributed by atoms with Crippen molar-refractivity contribution in [3.8, 4) is 0 Å². The third kappa shape index (κ3) is 2.83.